The summed E-state index contributed by atoms with van der Waals surface area (Å²) in [5.74, 6) is 0.164. The molecule has 0 spiro atoms. The summed E-state index contributed by atoms with van der Waals surface area (Å²) in [6.45, 7) is 3.21. The summed E-state index contributed by atoms with van der Waals surface area (Å²) in [6.07, 6.45) is 19.0. The van der Waals surface area contributed by atoms with Crippen LogP contribution in [0.3, 0.4) is 0 Å². The van der Waals surface area contributed by atoms with Crippen LogP contribution in [0.15, 0.2) is 0 Å². The monoisotopic (exact) mass is 382 g/mol. The zero-order valence-corrected chi connectivity index (χ0v) is 17.6. The van der Waals surface area contributed by atoms with Gasteiger partial charge >= 0.3 is 11.9 Å². The van der Waals surface area contributed by atoms with Gasteiger partial charge in [-0.3, -0.25) is 9.59 Å². The maximum Gasteiger partial charge on any atom is 0.306 e. The van der Waals surface area contributed by atoms with Crippen LogP contribution >= 0.6 is 0 Å². The minimum atomic E-state index is -0.279. The average Bonchev–Trinajstić information content (AvgIpc) is 2.68. The standard InChI is InChI=1S/C23H42O4/c1-2-3-4-5-6-7-8-9-13-19-26-22(24)16-17-23(25)27-20-18-21-14-11-10-12-15-21/h21H,2-20H2,1H3. The molecule has 0 saturated heterocycles. The van der Waals surface area contributed by atoms with Crippen LogP contribution in [0.2, 0.25) is 0 Å². The maximum atomic E-state index is 11.7. The van der Waals surface area contributed by atoms with Crippen LogP contribution in [-0.4, -0.2) is 25.2 Å². The van der Waals surface area contributed by atoms with Crippen LogP contribution in [0.1, 0.15) is 116 Å². The van der Waals surface area contributed by atoms with Gasteiger partial charge < -0.3 is 9.47 Å². The molecule has 158 valence electrons. The topological polar surface area (TPSA) is 52.6 Å². The Morgan fingerprint density at radius 3 is 1.81 bits per heavy atom. The zero-order chi connectivity index (χ0) is 19.6. The third-order valence-corrected chi connectivity index (χ3v) is 5.56. The summed E-state index contributed by atoms with van der Waals surface area (Å²) in [7, 11) is 0. The van der Waals surface area contributed by atoms with Gasteiger partial charge in [0.1, 0.15) is 0 Å². The van der Waals surface area contributed by atoms with E-state index >= 15 is 0 Å². The van der Waals surface area contributed by atoms with E-state index in [0.29, 0.717) is 19.1 Å². The van der Waals surface area contributed by atoms with Crippen molar-refractivity contribution in [3.05, 3.63) is 0 Å². The first kappa shape index (κ1) is 24.0. The lowest BCUT2D eigenvalue weighted by Gasteiger charge is -2.21. The lowest BCUT2D eigenvalue weighted by Crippen LogP contribution is -2.14. The molecule has 0 radical (unpaired) electrons. The van der Waals surface area contributed by atoms with E-state index in [4.69, 9.17) is 9.47 Å². The second-order valence-electron chi connectivity index (χ2n) is 8.06. The number of hydrogen-bond donors (Lipinski definition) is 0. The van der Waals surface area contributed by atoms with E-state index < -0.39 is 0 Å². The Balaban J connectivity index is 1.85. The molecule has 0 heterocycles. The van der Waals surface area contributed by atoms with Gasteiger partial charge in [0.05, 0.1) is 26.1 Å². The van der Waals surface area contributed by atoms with Crippen LogP contribution in [0.4, 0.5) is 0 Å². The molecule has 1 saturated carbocycles. The molecule has 1 rings (SSSR count). The van der Waals surface area contributed by atoms with E-state index in [1.54, 1.807) is 0 Å². The van der Waals surface area contributed by atoms with Crippen molar-refractivity contribution in [3.8, 4) is 0 Å². The Morgan fingerprint density at radius 1 is 0.704 bits per heavy atom. The average molecular weight is 383 g/mol. The molecule has 0 unspecified atom stereocenters. The molecule has 27 heavy (non-hydrogen) atoms. The van der Waals surface area contributed by atoms with E-state index in [-0.39, 0.29) is 24.8 Å². The van der Waals surface area contributed by atoms with E-state index in [2.05, 4.69) is 6.92 Å². The zero-order valence-electron chi connectivity index (χ0n) is 17.6. The van der Waals surface area contributed by atoms with Crippen molar-refractivity contribution in [1.82, 2.24) is 0 Å². The van der Waals surface area contributed by atoms with Crippen LogP contribution < -0.4 is 0 Å². The van der Waals surface area contributed by atoms with Crippen molar-refractivity contribution >= 4 is 11.9 Å². The van der Waals surface area contributed by atoms with Crippen molar-refractivity contribution in [3.63, 3.8) is 0 Å². The van der Waals surface area contributed by atoms with Crippen molar-refractivity contribution in [2.24, 2.45) is 5.92 Å². The number of ether oxygens (including phenoxy) is 2. The van der Waals surface area contributed by atoms with Crippen molar-refractivity contribution in [2.45, 2.75) is 116 Å². The largest absolute Gasteiger partial charge is 0.466 e. The highest BCUT2D eigenvalue weighted by atomic mass is 16.5. The summed E-state index contributed by atoms with van der Waals surface area (Å²) < 4.78 is 10.5. The van der Waals surface area contributed by atoms with E-state index in [1.165, 1.54) is 77.0 Å². The van der Waals surface area contributed by atoms with Gasteiger partial charge in [-0.25, -0.2) is 0 Å². The van der Waals surface area contributed by atoms with E-state index in [9.17, 15) is 9.59 Å². The Bertz CT molecular complexity index is 375. The molecule has 0 N–H and O–H groups in total. The summed E-state index contributed by atoms with van der Waals surface area (Å²) in [5.41, 5.74) is 0. The van der Waals surface area contributed by atoms with Crippen molar-refractivity contribution in [1.29, 1.82) is 0 Å². The molecular weight excluding hydrogens is 340 g/mol. The van der Waals surface area contributed by atoms with Gasteiger partial charge in [0.25, 0.3) is 0 Å². The predicted octanol–water partition coefficient (Wildman–Crippen LogP) is 6.35. The second kappa shape index (κ2) is 17.1. The number of carbonyl (C=O) groups is 2. The molecule has 0 aromatic rings. The molecule has 4 nitrogen and oxygen atoms in total. The fourth-order valence-corrected chi connectivity index (χ4v) is 3.76. The van der Waals surface area contributed by atoms with Gasteiger partial charge in [0.2, 0.25) is 0 Å². The van der Waals surface area contributed by atoms with Crippen molar-refractivity contribution < 1.29 is 19.1 Å². The Kier molecular flexibility index (Phi) is 15.2. The summed E-state index contributed by atoms with van der Waals surface area (Å²) in [5, 5.41) is 0. The number of carbonyl (C=O) groups excluding carboxylic acids is 2. The molecule has 0 atom stereocenters. The van der Waals surface area contributed by atoms with Crippen molar-refractivity contribution in [2.75, 3.05) is 13.2 Å². The van der Waals surface area contributed by atoms with Gasteiger partial charge in [-0.05, 0) is 18.8 Å². The van der Waals surface area contributed by atoms with Crippen LogP contribution in [0.25, 0.3) is 0 Å². The quantitative estimate of drug-likeness (QED) is 0.230. The minimum Gasteiger partial charge on any atom is -0.466 e. The Labute approximate surface area is 166 Å². The molecule has 0 bridgehead atoms. The highest BCUT2D eigenvalue weighted by Gasteiger charge is 2.14. The van der Waals surface area contributed by atoms with E-state index in [0.717, 1.165) is 19.3 Å². The molecule has 1 aliphatic rings. The molecular formula is C23H42O4. The maximum absolute atomic E-state index is 11.7. The van der Waals surface area contributed by atoms with Crippen LogP contribution in [-0.2, 0) is 19.1 Å². The van der Waals surface area contributed by atoms with Gasteiger partial charge in [-0.1, -0.05) is 90.4 Å². The number of rotatable bonds is 16. The molecule has 0 aromatic carbocycles. The van der Waals surface area contributed by atoms with Crippen LogP contribution in [0, 0.1) is 5.92 Å². The minimum absolute atomic E-state index is 0.139. The molecule has 4 heteroatoms. The van der Waals surface area contributed by atoms with Gasteiger partial charge in [-0.2, -0.15) is 0 Å². The molecule has 1 fully saturated rings. The molecule has 0 aromatic heterocycles. The Hall–Kier alpha value is -1.06. The first-order valence-corrected chi connectivity index (χ1v) is 11.5. The lowest BCUT2D eigenvalue weighted by atomic mass is 9.87. The third-order valence-electron chi connectivity index (χ3n) is 5.56. The normalized spacial score (nSPS) is 14.9. The highest BCUT2D eigenvalue weighted by Crippen LogP contribution is 2.26. The number of hydrogen-bond acceptors (Lipinski definition) is 4. The molecule has 0 amide bonds. The first-order chi connectivity index (χ1) is 13.2. The second-order valence-corrected chi connectivity index (χ2v) is 8.06. The smallest absolute Gasteiger partial charge is 0.306 e. The fourth-order valence-electron chi connectivity index (χ4n) is 3.76. The summed E-state index contributed by atoms with van der Waals surface area (Å²) in [6, 6.07) is 0. The van der Waals surface area contributed by atoms with Gasteiger partial charge in [0.15, 0.2) is 0 Å². The summed E-state index contributed by atoms with van der Waals surface area (Å²) in [4.78, 5) is 23.4. The highest BCUT2D eigenvalue weighted by molar-refractivity contribution is 5.77. The molecule has 0 aliphatic heterocycles. The summed E-state index contributed by atoms with van der Waals surface area (Å²) >= 11 is 0. The number of esters is 2. The number of unbranched alkanes of at least 4 members (excludes halogenated alkanes) is 8. The van der Waals surface area contributed by atoms with Crippen LogP contribution in [0.5, 0.6) is 0 Å². The van der Waals surface area contributed by atoms with Gasteiger partial charge in [-0.15, -0.1) is 0 Å². The predicted molar refractivity (Wildman–Crippen MR) is 110 cm³/mol. The SMILES string of the molecule is CCCCCCCCCCCOC(=O)CCC(=O)OCCC1CCCCC1. The Morgan fingerprint density at radius 2 is 1.22 bits per heavy atom. The first-order valence-electron chi connectivity index (χ1n) is 11.5. The fraction of sp³-hybridized carbons (Fsp3) is 0.913. The van der Waals surface area contributed by atoms with Gasteiger partial charge in [0, 0.05) is 0 Å². The van der Waals surface area contributed by atoms with E-state index in [1.807, 2.05) is 0 Å². The molecule has 1 aliphatic carbocycles. The lowest BCUT2D eigenvalue weighted by molar-refractivity contribution is -0.150. The third kappa shape index (κ3) is 14.6.